The number of rotatable bonds is 13. The van der Waals surface area contributed by atoms with Crippen molar-refractivity contribution >= 4 is 17.8 Å². The number of ether oxygens (including phenoxy) is 4. The molecule has 1 amide bonds. The Morgan fingerprint density at radius 3 is 2.35 bits per heavy atom. The summed E-state index contributed by atoms with van der Waals surface area (Å²) in [4.78, 5) is 22.9. The molecule has 194 valence electrons. The summed E-state index contributed by atoms with van der Waals surface area (Å²) in [6.07, 6.45) is 2.35. The summed E-state index contributed by atoms with van der Waals surface area (Å²) in [7, 11) is 1.51. The quantitative estimate of drug-likeness (QED) is 0.193. The zero-order valence-corrected chi connectivity index (χ0v) is 20.9. The van der Waals surface area contributed by atoms with E-state index < -0.39 is 10.8 Å². The normalized spacial score (nSPS) is 10.7. The molecular formula is C27H29N3O7. The Bertz CT molecular complexity index is 1240. The van der Waals surface area contributed by atoms with E-state index in [2.05, 4.69) is 10.5 Å². The van der Waals surface area contributed by atoms with Crippen molar-refractivity contribution in [1.29, 1.82) is 0 Å². The highest BCUT2D eigenvalue weighted by Gasteiger charge is 2.12. The van der Waals surface area contributed by atoms with Crippen LogP contribution in [0, 0.1) is 10.1 Å². The Balaban J connectivity index is 1.62. The van der Waals surface area contributed by atoms with Gasteiger partial charge in [0.25, 0.3) is 11.6 Å². The fourth-order valence-corrected chi connectivity index (χ4v) is 3.24. The Hall–Kier alpha value is -4.60. The van der Waals surface area contributed by atoms with E-state index in [9.17, 15) is 14.9 Å². The second kappa shape index (κ2) is 13.5. The van der Waals surface area contributed by atoms with Crippen LogP contribution < -0.4 is 24.4 Å². The van der Waals surface area contributed by atoms with Crippen LogP contribution in [0.25, 0.3) is 0 Å². The molecule has 0 heterocycles. The van der Waals surface area contributed by atoms with Crippen LogP contribution in [-0.4, -0.2) is 37.4 Å². The van der Waals surface area contributed by atoms with Crippen LogP contribution in [0.4, 0.5) is 5.69 Å². The van der Waals surface area contributed by atoms with E-state index in [-0.39, 0.29) is 12.3 Å². The van der Waals surface area contributed by atoms with Crippen molar-refractivity contribution in [3.63, 3.8) is 0 Å². The Morgan fingerprint density at radius 1 is 0.946 bits per heavy atom. The third-order valence-electron chi connectivity index (χ3n) is 5.08. The maximum absolute atomic E-state index is 12.6. The van der Waals surface area contributed by atoms with Crippen molar-refractivity contribution in [1.82, 2.24) is 5.43 Å². The minimum absolute atomic E-state index is 0.0183. The van der Waals surface area contributed by atoms with Crippen LogP contribution in [0.5, 0.6) is 23.0 Å². The fraction of sp³-hybridized carbons (Fsp3) is 0.259. The smallest absolute Gasteiger partial charge is 0.271 e. The number of methoxy groups -OCH3 is 1. The van der Waals surface area contributed by atoms with Crippen LogP contribution in [-0.2, 0) is 6.61 Å². The topological polar surface area (TPSA) is 122 Å². The lowest BCUT2D eigenvalue weighted by molar-refractivity contribution is -0.384. The summed E-state index contributed by atoms with van der Waals surface area (Å²) in [5.74, 6) is 1.67. The van der Waals surface area contributed by atoms with Crippen molar-refractivity contribution in [2.75, 3.05) is 20.3 Å². The molecule has 3 rings (SSSR count). The molecule has 0 fully saturated rings. The van der Waals surface area contributed by atoms with Crippen molar-refractivity contribution in [3.05, 3.63) is 87.5 Å². The molecule has 3 aromatic rings. The van der Waals surface area contributed by atoms with Crippen LogP contribution in [0.1, 0.15) is 41.8 Å². The minimum atomic E-state index is -0.451. The third-order valence-corrected chi connectivity index (χ3v) is 5.08. The summed E-state index contributed by atoms with van der Waals surface area (Å²) in [6.45, 7) is 5.09. The predicted molar refractivity (Wildman–Crippen MR) is 139 cm³/mol. The third kappa shape index (κ3) is 7.69. The van der Waals surface area contributed by atoms with E-state index in [1.54, 1.807) is 48.5 Å². The van der Waals surface area contributed by atoms with Gasteiger partial charge in [-0.3, -0.25) is 14.9 Å². The number of non-ortho nitro benzene ring substituents is 1. The number of carbonyl (C=O) groups excluding carboxylic acids is 1. The number of hydrogen-bond acceptors (Lipinski definition) is 8. The van der Waals surface area contributed by atoms with Gasteiger partial charge in [0.1, 0.15) is 6.61 Å². The van der Waals surface area contributed by atoms with Gasteiger partial charge in [-0.05, 0) is 73.0 Å². The average Bonchev–Trinajstić information content (AvgIpc) is 2.91. The van der Waals surface area contributed by atoms with Gasteiger partial charge < -0.3 is 18.9 Å². The minimum Gasteiger partial charge on any atom is -0.493 e. The highest BCUT2D eigenvalue weighted by molar-refractivity contribution is 5.95. The number of hydrogen-bond donors (Lipinski definition) is 1. The van der Waals surface area contributed by atoms with Gasteiger partial charge in [-0.25, -0.2) is 5.43 Å². The van der Waals surface area contributed by atoms with Crippen molar-refractivity contribution in [3.8, 4) is 23.0 Å². The molecule has 10 nitrogen and oxygen atoms in total. The maximum atomic E-state index is 12.6. The number of hydrazone groups is 1. The highest BCUT2D eigenvalue weighted by atomic mass is 16.6. The fourth-order valence-electron chi connectivity index (χ4n) is 3.24. The van der Waals surface area contributed by atoms with Crippen molar-refractivity contribution < 1.29 is 28.7 Å². The molecule has 0 radical (unpaired) electrons. The highest BCUT2D eigenvalue weighted by Crippen LogP contribution is 2.30. The van der Waals surface area contributed by atoms with E-state index in [4.69, 9.17) is 18.9 Å². The van der Waals surface area contributed by atoms with Gasteiger partial charge in [0, 0.05) is 17.7 Å². The van der Waals surface area contributed by atoms with E-state index in [1.165, 1.54) is 25.5 Å². The maximum Gasteiger partial charge on any atom is 0.271 e. The standard InChI is InChI=1S/C27H29N3O7/c1-4-14-36-24-13-9-21(16-26(24)35-5-2)27(31)29-28-17-20-8-12-23(25(15-20)34-3)37-18-19-6-10-22(11-7-19)30(32)33/h6-13,15-17H,4-5,14,18H2,1-3H3,(H,29,31)/b28-17+. The molecule has 3 aromatic carbocycles. The number of nitrogens with zero attached hydrogens (tertiary/aromatic N) is 2. The van der Waals surface area contributed by atoms with Gasteiger partial charge >= 0.3 is 0 Å². The first-order valence-electron chi connectivity index (χ1n) is 11.7. The first-order chi connectivity index (χ1) is 17.9. The van der Waals surface area contributed by atoms with Crippen LogP contribution in [0.15, 0.2) is 65.8 Å². The lowest BCUT2D eigenvalue weighted by atomic mass is 10.2. The molecule has 0 aliphatic heterocycles. The number of carbonyl (C=O) groups is 1. The molecule has 0 spiro atoms. The van der Waals surface area contributed by atoms with E-state index in [1.807, 2.05) is 13.8 Å². The zero-order valence-electron chi connectivity index (χ0n) is 20.9. The molecule has 10 heteroatoms. The lowest BCUT2D eigenvalue weighted by Gasteiger charge is -2.12. The number of nitrogens with one attached hydrogen (secondary N) is 1. The van der Waals surface area contributed by atoms with Gasteiger partial charge in [0.15, 0.2) is 23.0 Å². The molecular weight excluding hydrogens is 478 g/mol. The van der Waals surface area contributed by atoms with Gasteiger partial charge in [-0.1, -0.05) is 6.92 Å². The Labute approximate surface area is 215 Å². The zero-order chi connectivity index (χ0) is 26.6. The number of nitro benzene ring substituents is 1. The molecule has 0 aliphatic carbocycles. The molecule has 0 unspecified atom stereocenters. The molecule has 0 saturated heterocycles. The van der Waals surface area contributed by atoms with E-state index in [0.29, 0.717) is 47.3 Å². The van der Waals surface area contributed by atoms with Gasteiger partial charge in [0.05, 0.1) is 31.5 Å². The molecule has 0 aliphatic rings. The second-order valence-electron chi connectivity index (χ2n) is 7.76. The monoisotopic (exact) mass is 507 g/mol. The Morgan fingerprint density at radius 2 is 1.68 bits per heavy atom. The molecule has 0 saturated carbocycles. The molecule has 0 aromatic heterocycles. The van der Waals surface area contributed by atoms with Crippen LogP contribution in [0.2, 0.25) is 0 Å². The predicted octanol–water partition coefficient (Wildman–Crippen LogP) is 5.13. The van der Waals surface area contributed by atoms with E-state index >= 15 is 0 Å². The summed E-state index contributed by atoms with van der Waals surface area (Å²) in [5.41, 5.74) is 4.36. The van der Waals surface area contributed by atoms with Crippen molar-refractivity contribution in [2.45, 2.75) is 26.9 Å². The largest absolute Gasteiger partial charge is 0.493 e. The van der Waals surface area contributed by atoms with Crippen LogP contribution in [0.3, 0.4) is 0 Å². The molecule has 0 bridgehead atoms. The lowest BCUT2D eigenvalue weighted by Crippen LogP contribution is -2.17. The van der Waals surface area contributed by atoms with Gasteiger partial charge in [-0.15, -0.1) is 0 Å². The summed E-state index contributed by atoms with van der Waals surface area (Å²) in [5, 5.41) is 14.8. The van der Waals surface area contributed by atoms with Crippen molar-refractivity contribution in [2.24, 2.45) is 5.10 Å². The van der Waals surface area contributed by atoms with Gasteiger partial charge in [-0.2, -0.15) is 5.10 Å². The molecule has 0 atom stereocenters. The summed E-state index contributed by atoms with van der Waals surface area (Å²) >= 11 is 0. The molecule has 1 N–H and O–H groups in total. The number of amides is 1. The van der Waals surface area contributed by atoms with Crippen LogP contribution >= 0.6 is 0 Å². The summed E-state index contributed by atoms with van der Waals surface area (Å²) in [6, 6.07) is 16.3. The number of benzene rings is 3. The average molecular weight is 508 g/mol. The van der Waals surface area contributed by atoms with E-state index in [0.717, 1.165) is 12.0 Å². The number of nitro groups is 1. The molecule has 37 heavy (non-hydrogen) atoms. The Kier molecular flexibility index (Phi) is 9.83. The van der Waals surface area contributed by atoms with Gasteiger partial charge in [0.2, 0.25) is 0 Å². The first kappa shape index (κ1) is 27.0. The second-order valence-corrected chi connectivity index (χ2v) is 7.76. The SMILES string of the molecule is CCCOc1ccc(C(=O)N/N=C/c2ccc(OCc3ccc([N+](=O)[O-])cc3)c(OC)c2)cc1OCC. The summed E-state index contributed by atoms with van der Waals surface area (Å²) < 4.78 is 22.5. The first-order valence-corrected chi connectivity index (χ1v) is 11.7.